The van der Waals surface area contributed by atoms with Crippen LogP contribution >= 0.6 is 0 Å². The molecule has 1 atom stereocenters. The van der Waals surface area contributed by atoms with Gasteiger partial charge in [-0.3, -0.25) is 0 Å². The molecule has 0 radical (unpaired) electrons. The first kappa shape index (κ1) is 17.6. The number of nitrogens with one attached hydrogen (secondary N) is 1. The van der Waals surface area contributed by atoms with Crippen molar-refractivity contribution < 1.29 is 18.0 Å². The largest absolute Gasteiger partial charge is 0.416 e. The van der Waals surface area contributed by atoms with Gasteiger partial charge in [0.05, 0.1) is 17.8 Å². The van der Waals surface area contributed by atoms with Gasteiger partial charge in [-0.25, -0.2) is 9.80 Å². The zero-order chi connectivity index (χ0) is 19.2. The average Bonchev–Trinajstić information content (AvgIpc) is 3.00. The summed E-state index contributed by atoms with van der Waals surface area (Å²) in [7, 11) is 0. The molecule has 7 heteroatoms. The maximum absolute atomic E-state index is 12.6. The standard InChI is InChI=1S/C20H18F3N3O/c1-19-11-10-13-4-2-3-5-16(13)17(19)25-26(12-19)18(27)24-15-8-6-14(7-9-15)20(21,22)23/h2-9H,10-12H2,1H3,(H,24,27). The third-order valence-corrected chi connectivity index (χ3v) is 5.21. The van der Waals surface area contributed by atoms with Crippen molar-refractivity contribution in [2.24, 2.45) is 10.5 Å². The van der Waals surface area contributed by atoms with E-state index in [2.05, 4.69) is 23.4 Å². The first-order valence-electron chi connectivity index (χ1n) is 8.69. The smallest absolute Gasteiger partial charge is 0.306 e. The van der Waals surface area contributed by atoms with Gasteiger partial charge in [0.25, 0.3) is 0 Å². The second kappa shape index (κ2) is 6.11. The topological polar surface area (TPSA) is 44.7 Å². The van der Waals surface area contributed by atoms with Crippen molar-refractivity contribution in [1.82, 2.24) is 5.01 Å². The monoisotopic (exact) mass is 373 g/mol. The zero-order valence-corrected chi connectivity index (χ0v) is 14.7. The van der Waals surface area contributed by atoms with Crippen LogP contribution in [-0.4, -0.2) is 23.3 Å². The zero-order valence-electron chi connectivity index (χ0n) is 14.7. The van der Waals surface area contributed by atoms with Crippen LogP contribution in [0.3, 0.4) is 0 Å². The van der Waals surface area contributed by atoms with Gasteiger partial charge in [0.1, 0.15) is 0 Å². The highest BCUT2D eigenvalue weighted by Crippen LogP contribution is 2.40. The summed E-state index contributed by atoms with van der Waals surface area (Å²) in [6.07, 6.45) is -2.58. The van der Waals surface area contributed by atoms with Gasteiger partial charge in [-0.05, 0) is 42.7 Å². The molecule has 2 aromatic carbocycles. The van der Waals surface area contributed by atoms with Crippen molar-refractivity contribution >= 4 is 17.4 Å². The Bertz CT molecular complexity index is 921. The van der Waals surface area contributed by atoms with Crippen LogP contribution in [0.25, 0.3) is 0 Å². The number of urea groups is 1. The molecule has 2 amide bonds. The number of carbonyl (C=O) groups excluding carboxylic acids is 1. The highest BCUT2D eigenvalue weighted by Gasteiger charge is 2.44. The maximum atomic E-state index is 12.6. The molecule has 4 nitrogen and oxygen atoms in total. The van der Waals surface area contributed by atoms with E-state index in [1.54, 1.807) is 0 Å². The Morgan fingerprint density at radius 1 is 1.15 bits per heavy atom. The van der Waals surface area contributed by atoms with Crippen molar-refractivity contribution in [3.8, 4) is 0 Å². The van der Waals surface area contributed by atoms with Crippen molar-refractivity contribution in [2.75, 3.05) is 11.9 Å². The fourth-order valence-electron chi connectivity index (χ4n) is 3.69. The molecular formula is C20H18F3N3O. The lowest BCUT2D eigenvalue weighted by Crippen LogP contribution is -2.37. The number of hydrogen-bond donors (Lipinski definition) is 1. The lowest BCUT2D eigenvalue weighted by atomic mass is 9.72. The molecule has 0 saturated heterocycles. The fraction of sp³-hybridized carbons (Fsp3) is 0.300. The number of rotatable bonds is 1. The molecular weight excluding hydrogens is 355 g/mol. The van der Waals surface area contributed by atoms with Crippen LogP contribution in [0.2, 0.25) is 0 Å². The lowest BCUT2D eigenvalue weighted by molar-refractivity contribution is -0.137. The van der Waals surface area contributed by atoms with Crippen LogP contribution in [0.4, 0.5) is 23.7 Å². The van der Waals surface area contributed by atoms with Crippen molar-refractivity contribution in [3.63, 3.8) is 0 Å². The first-order chi connectivity index (χ1) is 12.8. The summed E-state index contributed by atoms with van der Waals surface area (Å²) in [5.41, 5.74) is 2.51. The molecule has 2 aliphatic rings. The van der Waals surface area contributed by atoms with E-state index >= 15 is 0 Å². The molecule has 2 aromatic rings. The Balaban J connectivity index is 1.53. The number of hydrazone groups is 1. The van der Waals surface area contributed by atoms with Gasteiger partial charge in [-0.15, -0.1) is 0 Å². The number of alkyl halides is 3. The highest BCUT2D eigenvalue weighted by atomic mass is 19.4. The molecule has 0 bridgehead atoms. The summed E-state index contributed by atoms with van der Waals surface area (Å²) >= 11 is 0. The molecule has 1 N–H and O–H groups in total. The third-order valence-electron chi connectivity index (χ3n) is 5.21. The van der Waals surface area contributed by atoms with Crippen LogP contribution in [0, 0.1) is 5.41 Å². The van der Waals surface area contributed by atoms with E-state index in [0.29, 0.717) is 12.2 Å². The first-order valence-corrected chi connectivity index (χ1v) is 8.69. The number of benzene rings is 2. The van der Waals surface area contributed by atoms with E-state index in [0.717, 1.165) is 36.2 Å². The molecule has 1 aliphatic carbocycles. The van der Waals surface area contributed by atoms with E-state index in [9.17, 15) is 18.0 Å². The molecule has 0 spiro atoms. The SMILES string of the molecule is CC12CCc3ccccc3C1=NN(C(=O)Nc1ccc(C(F)(F)F)cc1)C2. The summed E-state index contributed by atoms with van der Waals surface area (Å²) < 4.78 is 37.9. The summed E-state index contributed by atoms with van der Waals surface area (Å²) in [4.78, 5) is 12.6. The molecule has 1 unspecified atom stereocenters. The molecule has 0 saturated carbocycles. The van der Waals surface area contributed by atoms with Crippen molar-refractivity contribution in [3.05, 3.63) is 65.2 Å². The number of aryl methyl sites for hydroxylation is 1. The van der Waals surface area contributed by atoms with E-state index in [-0.39, 0.29) is 5.41 Å². The second-order valence-corrected chi connectivity index (χ2v) is 7.23. The summed E-state index contributed by atoms with van der Waals surface area (Å²) in [5, 5.41) is 8.53. The molecule has 27 heavy (non-hydrogen) atoms. The molecule has 4 rings (SSSR count). The van der Waals surface area contributed by atoms with Gasteiger partial charge in [0.2, 0.25) is 0 Å². The van der Waals surface area contributed by atoms with Gasteiger partial charge in [-0.2, -0.15) is 18.3 Å². The Labute approximate surface area is 154 Å². The molecule has 140 valence electrons. The van der Waals surface area contributed by atoms with Gasteiger partial charge in [-0.1, -0.05) is 31.2 Å². The van der Waals surface area contributed by atoms with E-state index in [4.69, 9.17) is 0 Å². The molecule has 1 aliphatic heterocycles. The average molecular weight is 373 g/mol. The number of hydrogen-bond acceptors (Lipinski definition) is 2. The summed E-state index contributed by atoms with van der Waals surface area (Å²) in [6.45, 7) is 2.54. The number of fused-ring (bicyclic) bond motifs is 3. The van der Waals surface area contributed by atoms with E-state index in [1.807, 2.05) is 18.2 Å². The predicted octanol–water partition coefficient (Wildman–Crippen LogP) is 4.91. The number of amides is 2. The van der Waals surface area contributed by atoms with Gasteiger partial charge in [0.15, 0.2) is 0 Å². The van der Waals surface area contributed by atoms with Crippen LogP contribution < -0.4 is 5.32 Å². The van der Waals surface area contributed by atoms with Crippen LogP contribution in [0.15, 0.2) is 53.6 Å². The number of nitrogens with zero attached hydrogens (tertiary/aromatic N) is 2. The third kappa shape index (κ3) is 3.18. The number of carbonyl (C=O) groups is 1. The maximum Gasteiger partial charge on any atom is 0.416 e. The minimum atomic E-state index is -4.40. The van der Waals surface area contributed by atoms with E-state index < -0.39 is 17.8 Å². The van der Waals surface area contributed by atoms with Gasteiger partial charge < -0.3 is 5.32 Å². The quantitative estimate of drug-likeness (QED) is 0.758. The normalized spacial score (nSPS) is 21.3. The number of halogens is 3. The Morgan fingerprint density at radius 3 is 2.56 bits per heavy atom. The number of anilines is 1. The summed E-state index contributed by atoms with van der Waals surface area (Å²) in [6, 6.07) is 12.0. The van der Waals surface area contributed by atoms with Crippen LogP contribution in [0.1, 0.15) is 30.0 Å². The minimum Gasteiger partial charge on any atom is -0.306 e. The summed E-state index contributed by atoms with van der Waals surface area (Å²) in [5.74, 6) is 0. The Hall–Kier alpha value is -2.83. The predicted molar refractivity (Wildman–Crippen MR) is 96.6 cm³/mol. The lowest BCUT2D eigenvalue weighted by Gasteiger charge is -2.31. The van der Waals surface area contributed by atoms with Crippen LogP contribution in [-0.2, 0) is 12.6 Å². The minimum absolute atomic E-state index is 0.216. The fourth-order valence-corrected chi connectivity index (χ4v) is 3.69. The molecule has 0 aromatic heterocycles. The van der Waals surface area contributed by atoms with Gasteiger partial charge >= 0.3 is 12.2 Å². The van der Waals surface area contributed by atoms with Crippen molar-refractivity contribution in [1.29, 1.82) is 0 Å². The Morgan fingerprint density at radius 2 is 1.85 bits per heavy atom. The Kier molecular flexibility index (Phi) is 3.98. The second-order valence-electron chi connectivity index (χ2n) is 7.23. The van der Waals surface area contributed by atoms with E-state index in [1.165, 1.54) is 22.7 Å². The highest BCUT2D eigenvalue weighted by molar-refractivity contribution is 6.09. The molecule has 0 fully saturated rings. The molecule has 1 heterocycles. The van der Waals surface area contributed by atoms with Crippen LogP contribution in [0.5, 0.6) is 0 Å². The van der Waals surface area contributed by atoms with Crippen molar-refractivity contribution in [2.45, 2.75) is 25.9 Å². The van der Waals surface area contributed by atoms with Gasteiger partial charge in [0, 0.05) is 16.7 Å².